The number of halogens is 1. The Kier molecular flexibility index (Phi) is 10.7. The molecule has 1 heteroatoms. The van der Waals surface area contributed by atoms with Crippen molar-refractivity contribution in [2.45, 2.75) is 104 Å². The van der Waals surface area contributed by atoms with Crippen LogP contribution in [0.3, 0.4) is 0 Å². The topological polar surface area (TPSA) is 0 Å². The molecule has 0 nitrogen and oxygen atoms in total. The maximum Gasteiger partial charge on any atom is 0.146 e. The lowest BCUT2D eigenvalue weighted by molar-refractivity contribution is 0.250. The Labute approximate surface area is 225 Å². The SMILES string of the molecule is CCCCCCc1ccc2c(F)c(C#Cc3ccc(CCC4CCC(CCCC)CC4)cc3)ccc2c1. The van der Waals surface area contributed by atoms with Crippen LogP contribution in [0.5, 0.6) is 0 Å². The average Bonchev–Trinajstić information content (AvgIpc) is 2.94. The summed E-state index contributed by atoms with van der Waals surface area (Å²) in [5, 5.41) is 1.63. The Bertz CT molecular complexity index is 1170. The summed E-state index contributed by atoms with van der Waals surface area (Å²) >= 11 is 0. The second-order valence-corrected chi connectivity index (χ2v) is 11.3. The van der Waals surface area contributed by atoms with Crippen LogP contribution in [0.25, 0.3) is 10.8 Å². The summed E-state index contributed by atoms with van der Waals surface area (Å²) in [5.74, 6) is 7.94. The van der Waals surface area contributed by atoms with Crippen molar-refractivity contribution in [3.8, 4) is 11.8 Å². The Morgan fingerprint density at radius 2 is 1.38 bits per heavy atom. The smallest absolute Gasteiger partial charge is 0.146 e. The molecule has 1 fully saturated rings. The van der Waals surface area contributed by atoms with Gasteiger partial charge in [-0.05, 0) is 72.2 Å². The van der Waals surface area contributed by atoms with Crippen molar-refractivity contribution in [3.63, 3.8) is 0 Å². The van der Waals surface area contributed by atoms with Gasteiger partial charge in [0.1, 0.15) is 5.82 Å². The predicted molar refractivity (Wildman–Crippen MR) is 157 cm³/mol. The highest BCUT2D eigenvalue weighted by Crippen LogP contribution is 2.34. The molecule has 0 atom stereocenters. The lowest BCUT2D eigenvalue weighted by Gasteiger charge is -2.28. The normalized spacial score (nSPS) is 17.5. The van der Waals surface area contributed by atoms with Crippen LogP contribution < -0.4 is 0 Å². The number of aryl methyl sites for hydroxylation is 2. The Morgan fingerprint density at radius 1 is 0.676 bits per heavy atom. The monoisotopic (exact) mass is 496 g/mol. The van der Waals surface area contributed by atoms with E-state index in [9.17, 15) is 0 Å². The third kappa shape index (κ3) is 8.20. The van der Waals surface area contributed by atoms with Crippen molar-refractivity contribution in [1.29, 1.82) is 0 Å². The first kappa shape index (κ1) is 27.4. The first-order chi connectivity index (χ1) is 18.2. The third-order valence-electron chi connectivity index (χ3n) is 8.41. The molecule has 0 saturated heterocycles. The molecule has 0 bridgehead atoms. The van der Waals surface area contributed by atoms with Gasteiger partial charge in [-0.2, -0.15) is 0 Å². The van der Waals surface area contributed by atoms with E-state index >= 15 is 4.39 Å². The molecule has 0 N–H and O–H groups in total. The van der Waals surface area contributed by atoms with Crippen LogP contribution in [-0.4, -0.2) is 0 Å². The maximum atomic E-state index is 15.2. The van der Waals surface area contributed by atoms with Gasteiger partial charge in [0.05, 0.1) is 5.56 Å². The Balaban J connectivity index is 1.30. The first-order valence-electron chi connectivity index (χ1n) is 15.0. The summed E-state index contributed by atoms with van der Waals surface area (Å²) in [6.45, 7) is 4.53. The lowest BCUT2D eigenvalue weighted by Crippen LogP contribution is -2.15. The number of hydrogen-bond acceptors (Lipinski definition) is 0. The van der Waals surface area contributed by atoms with Crippen molar-refractivity contribution >= 4 is 10.8 Å². The van der Waals surface area contributed by atoms with Crippen LogP contribution >= 0.6 is 0 Å². The summed E-state index contributed by atoms with van der Waals surface area (Å²) in [4.78, 5) is 0. The van der Waals surface area contributed by atoms with Gasteiger partial charge in [-0.1, -0.05) is 126 Å². The van der Waals surface area contributed by atoms with Gasteiger partial charge in [-0.3, -0.25) is 0 Å². The van der Waals surface area contributed by atoms with Crippen molar-refractivity contribution < 1.29 is 4.39 Å². The van der Waals surface area contributed by atoms with E-state index in [4.69, 9.17) is 0 Å². The van der Waals surface area contributed by atoms with E-state index in [-0.39, 0.29) is 5.82 Å². The van der Waals surface area contributed by atoms with Gasteiger partial charge in [-0.15, -0.1) is 0 Å². The van der Waals surface area contributed by atoms with Gasteiger partial charge in [-0.25, -0.2) is 4.39 Å². The number of hydrogen-bond donors (Lipinski definition) is 0. The van der Waals surface area contributed by atoms with Crippen molar-refractivity contribution in [1.82, 2.24) is 0 Å². The fourth-order valence-electron chi connectivity index (χ4n) is 5.92. The number of rotatable bonds is 11. The van der Waals surface area contributed by atoms with Crippen molar-refractivity contribution in [2.75, 3.05) is 0 Å². The summed E-state index contributed by atoms with van der Waals surface area (Å²) in [5.41, 5.74) is 4.10. The molecule has 196 valence electrons. The standard InChI is InChI=1S/C36H45F/c1-3-5-7-8-10-32-22-26-35-34(27-32)25-24-33(36(35)37)23-21-31-19-17-30(18-20-31)16-15-29-13-11-28(12-14-29)9-6-4-2/h17-20,22,24-29H,3-16H2,1-2H3. The summed E-state index contributed by atoms with van der Waals surface area (Å²) in [6, 6.07) is 18.6. The molecular weight excluding hydrogens is 451 g/mol. The molecule has 0 radical (unpaired) electrons. The van der Waals surface area contributed by atoms with Crippen LogP contribution in [0.15, 0.2) is 54.6 Å². The molecule has 1 aliphatic rings. The van der Waals surface area contributed by atoms with Crippen LogP contribution in [0.4, 0.5) is 4.39 Å². The van der Waals surface area contributed by atoms with Gasteiger partial charge >= 0.3 is 0 Å². The maximum absolute atomic E-state index is 15.2. The van der Waals surface area contributed by atoms with Gasteiger partial charge in [0.2, 0.25) is 0 Å². The second kappa shape index (κ2) is 14.4. The number of benzene rings is 3. The van der Waals surface area contributed by atoms with Crippen LogP contribution in [-0.2, 0) is 12.8 Å². The molecule has 0 amide bonds. The molecule has 0 spiro atoms. The zero-order chi connectivity index (χ0) is 25.9. The fraction of sp³-hybridized carbons (Fsp3) is 0.500. The summed E-state index contributed by atoms with van der Waals surface area (Å²) in [7, 11) is 0. The third-order valence-corrected chi connectivity index (χ3v) is 8.41. The largest absolute Gasteiger partial charge is 0.205 e. The van der Waals surface area contributed by atoms with E-state index in [0.717, 1.165) is 35.6 Å². The first-order valence-corrected chi connectivity index (χ1v) is 15.0. The molecule has 37 heavy (non-hydrogen) atoms. The Morgan fingerprint density at radius 3 is 2.11 bits per heavy atom. The molecule has 0 unspecified atom stereocenters. The van der Waals surface area contributed by atoms with Gasteiger partial charge < -0.3 is 0 Å². The van der Waals surface area contributed by atoms with E-state index in [0.29, 0.717) is 10.9 Å². The molecule has 3 aromatic carbocycles. The molecule has 4 rings (SSSR count). The highest BCUT2D eigenvalue weighted by atomic mass is 19.1. The van der Waals surface area contributed by atoms with Gasteiger partial charge in [0, 0.05) is 10.9 Å². The zero-order valence-corrected chi connectivity index (χ0v) is 23.1. The minimum Gasteiger partial charge on any atom is -0.205 e. The minimum atomic E-state index is -0.205. The Hall–Kier alpha value is -2.59. The zero-order valence-electron chi connectivity index (χ0n) is 23.1. The highest BCUT2D eigenvalue weighted by molar-refractivity contribution is 5.85. The van der Waals surface area contributed by atoms with Crippen LogP contribution in [0.2, 0.25) is 0 Å². The summed E-state index contributed by atoms with van der Waals surface area (Å²) in [6.07, 6.45) is 18.4. The van der Waals surface area contributed by atoms with Crippen LogP contribution in [0.1, 0.15) is 113 Å². The molecule has 1 aliphatic carbocycles. The number of fused-ring (bicyclic) bond motifs is 1. The lowest BCUT2D eigenvalue weighted by atomic mass is 9.78. The van der Waals surface area contributed by atoms with E-state index in [1.165, 1.54) is 88.2 Å². The molecule has 0 aliphatic heterocycles. The van der Waals surface area contributed by atoms with Gasteiger partial charge in [0.25, 0.3) is 0 Å². The van der Waals surface area contributed by atoms with E-state index < -0.39 is 0 Å². The fourth-order valence-corrected chi connectivity index (χ4v) is 5.92. The van der Waals surface area contributed by atoms with E-state index in [2.05, 4.69) is 62.1 Å². The quantitative estimate of drug-likeness (QED) is 0.183. The number of unbranched alkanes of at least 4 members (excludes halogenated alkanes) is 4. The van der Waals surface area contributed by atoms with Gasteiger partial charge in [0.15, 0.2) is 0 Å². The predicted octanol–water partition coefficient (Wildman–Crippen LogP) is 10.4. The highest BCUT2D eigenvalue weighted by Gasteiger charge is 2.20. The van der Waals surface area contributed by atoms with Crippen molar-refractivity contribution in [2.24, 2.45) is 11.8 Å². The molecule has 0 aromatic heterocycles. The average molecular weight is 497 g/mol. The van der Waals surface area contributed by atoms with E-state index in [1.807, 2.05) is 18.2 Å². The molecular formula is C36H45F. The summed E-state index contributed by atoms with van der Waals surface area (Å²) < 4.78 is 15.2. The molecule has 3 aromatic rings. The molecule has 1 saturated carbocycles. The second-order valence-electron chi connectivity index (χ2n) is 11.3. The van der Waals surface area contributed by atoms with Crippen LogP contribution in [0, 0.1) is 29.5 Å². The minimum absolute atomic E-state index is 0.205. The molecule has 0 heterocycles. The van der Waals surface area contributed by atoms with Crippen molar-refractivity contribution in [3.05, 3.63) is 82.7 Å². The van der Waals surface area contributed by atoms with E-state index in [1.54, 1.807) is 0 Å².